The molecule has 0 bridgehead atoms. The lowest BCUT2D eigenvalue weighted by Crippen LogP contribution is -2.52. The summed E-state index contributed by atoms with van der Waals surface area (Å²) in [6.45, 7) is 3.93. The van der Waals surface area contributed by atoms with Gasteiger partial charge in [-0.2, -0.15) is 0 Å². The number of urea groups is 1. The highest BCUT2D eigenvalue weighted by Gasteiger charge is 2.36. The maximum atomic E-state index is 13.5. The molecule has 2 aliphatic heterocycles. The standard InChI is InChI=1S/C28H32F3N5O5/c1-38-11-8-33-25-15-20(6-7-32-25)24-18-40-26(34-24)22-14-21(19-2-4-23(5-3-19)41-28(29,30)31)16-36(17-22)27(37)35-9-12-39-13-10-35/h2-7,15,18,21-22H,8-14,16-17H2,1H3,(H,32,33). The third-order valence-corrected chi connectivity index (χ3v) is 7.13. The third kappa shape index (κ3) is 7.47. The molecule has 41 heavy (non-hydrogen) atoms. The summed E-state index contributed by atoms with van der Waals surface area (Å²) in [5.74, 6) is 0.515. The van der Waals surface area contributed by atoms with Crippen molar-refractivity contribution in [2.24, 2.45) is 0 Å². The molecular weight excluding hydrogens is 543 g/mol. The van der Waals surface area contributed by atoms with E-state index in [1.807, 2.05) is 12.1 Å². The molecule has 2 amide bonds. The van der Waals surface area contributed by atoms with E-state index in [2.05, 4.69) is 15.0 Å². The van der Waals surface area contributed by atoms with Crippen LogP contribution in [0, 0.1) is 0 Å². The topological polar surface area (TPSA) is 102 Å². The maximum absolute atomic E-state index is 13.5. The summed E-state index contributed by atoms with van der Waals surface area (Å²) in [5, 5.41) is 3.19. The van der Waals surface area contributed by atoms with Crippen molar-refractivity contribution in [2.75, 3.05) is 65.0 Å². The van der Waals surface area contributed by atoms with Crippen LogP contribution in [0.4, 0.5) is 23.8 Å². The first-order valence-electron chi connectivity index (χ1n) is 13.4. The third-order valence-electron chi connectivity index (χ3n) is 7.13. The molecule has 3 aromatic rings. The highest BCUT2D eigenvalue weighted by molar-refractivity contribution is 5.75. The van der Waals surface area contributed by atoms with E-state index in [-0.39, 0.29) is 23.6 Å². The molecule has 2 aliphatic rings. The van der Waals surface area contributed by atoms with Crippen LogP contribution in [0.25, 0.3) is 11.3 Å². The van der Waals surface area contributed by atoms with E-state index in [1.165, 1.54) is 12.1 Å². The zero-order valence-corrected chi connectivity index (χ0v) is 22.6. The maximum Gasteiger partial charge on any atom is 0.573 e. The summed E-state index contributed by atoms with van der Waals surface area (Å²) in [7, 11) is 1.63. The van der Waals surface area contributed by atoms with Gasteiger partial charge in [0.2, 0.25) is 0 Å². The highest BCUT2D eigenvalue weighted by atomic mass is 19.4. The molecular formula is C28H32F3N5O5. The van der Waals surface area contributed by atoms with Gasteiger partial charge in [-0.25, -0.2) is 14.8 Å². The van der Waals surface area contributed by atoms with E-state index in [9.17, 15) is 18.0 Å². The zero-order chi connectivity index (χ0) is 28.8. The highest BCUT2D eigenvalue weighted by Crippen LogP contribution is 2.38. The molecule has 10 nitrogen and oxygen atoms in total. The second-order valence-corrected chi connectivity index (χ2v) is 9.95. The fraction of sp³-hybridized carbons (Fsp3) is 0.464. The summed E-state index contributed by atoms with van der Waals surface area (Å²) in [5.41, 5.74) is 2.26. The Hall–Kier alpha value is -3.84. The lowest BCUT2D eigenvalue weighted by molar-refractivity contribution is -0.274. The fourth-order valence-electron chi connectivity index (χ4n) is 5.15. The summed E-state index contributed by atoms with van der Waals surface area (Å²) in [6, 6.07) is 9.43. The molecule has 13 heteroatoms. The first kappa shape index (κ1) is 28.7. The zero-order valence-electron chi connectivity index (χ0n) is 22.6. The number of benzene rings is 1. The van der Waals surface area contributed by atoms with Crippen molar-refractivity contribution in [1.82, 2.24) is 19.8 Å². The summed E-state index contributed by atoms with van der Waals surface area (Å²) in [6.07, 6.45) is -0.890. The monoisotopic (exact) mass is 575 g/mol. The van der Waals surface area contributed by atoms with Gasteiger partial charge >= 0.3 is 12.4 Å². The van der Waals surface area contributed by atoms with Crippen molar-refractivity contribution in [3.8, 4) is 17.0 Å². The van der Waals surface area contributed by atoms with E-state index in [0.717, 1.165) is 11.1 Å². The number of hydrogen-bond donors (Lipinski definition) is 1. The van der Waals surface area contributed by atoms with E-state index < -0.39 is 6.36 Å². The average Bonchev–Trinajstić information content (AvgIpc) is 3.48. The number of hydrogen-bond acceptors (Lipinski definition) is 8. The number of rotatable bonds is 8. The van der Waals surface area contributed by atoms with Crippen LogP contribution < -0.4 is 10.1 Å². The number of piperidine rings is 1. The minimum Gasteiger partial charge on any atom is -0.448 e. The number of carbonyl (C=O) groups is 1. The van der Waals surface area contributed by atoms with Crippen molar-refractivity contribution in [2.45, 2.75) is 24.6 Å². The number of aromatic nitrogens is 2. The van der Waals surface area contributed by atoms with Gasteiger partial charge < -0.3 is 33.7 Å². The number of methoxy groups -OCH3 is 1. The normalized spacial score (nSPS) is 19.7. The van der Waals surface area contributed by atoms with Gasteiger partial charge in [-0.3, -0.25) is 0 Å². The predicted molar refractivity (Wildman–Crippen MR) is 143 cm³/mol. The second-order valence-electron chi connectivity index (χ2n) is 9.95. The first-order chi connectivity index (χ1) is 19.8. The molecule has 4 heterocycles. The Morgan fingerprint density at radius 3 is 2.59 bits per heavy atom. The molecule has 2 aromatic heterocycles. The number of anilines is 1. The van der Waals surface area contributed by atoms with Gasteiger partial charge in [-0.15, -0.1) is 13.2 Å². The molecule has 0 saturated carbocycles. The Bertz CT molecular complexity index is 1300. The minimum absolute atomic E-state index is 0.104. The number of alkyl halides is 3. The Morgan fingerprint density at radius 2 is 1.85 bits per heavy atom. The largest absolute Gasteiger partial charge is 0.573 e. The van der Waals surface area contributed by atoms with Crippen molar-refractivity contribution in [1.29, 1.82) is 0 Å². The van der Waals surface area contributed by atoms with E-state index in [4.69, 9.17) is 18.9 Å². The van der Waals surface area contributed by atoms with Gasteiger partial charge in [0.25, 0.3) is 0 Å². The van der Waals surface area contributed by atoms with Crippen LogP contribution in [0.3, 0.4) is 0 Å². The van der Waals surface area contributed by atoms with Crippen LogP contribution in [0.2, 0.25) is 0 Å². The van der Waals surface area contributed by atoms with E-state index >= 15 is 0 Å². The Kier molecular flexibility index (Phi) is 8.93. The van der Waals surface area contributed by atoms with Crippen molar-refractivity contribution in [3.05, 3.63) is 60.3 Å². The van der Waals surface area contributed by atoms with Crippen LogP contribution in [0.15, 0.2) is 53.3 Å². The van der Waals surface area contributed by atoms with Gasteiger partial charge in [0.05, 0.1) is 25.7 Å². The quantitative estimate of drug-likeness (QED) is 0.385. The van der Waals surface area contributed by atoms with Crippen molar-refractivity contribution < 1.29 is 36.6 Å². The number of nitrogens with zero attached hydrogens (tertiary/aromatic N) is 4. The molecule has 2 unspecified atom stereocenters. The Balaban J connectivity index is 1.36. The molecule has 1 N–H and O–H groups in total. The summed E-state index contributed by atoms with van der Waals surface area (Å²) >= 11 is 0. The van der Waals surface area contributed by atoms with Crippen LogP contribution in [0.1, 0.15) is 29.7 Å². The van der Waals surface area contributed by atoms with Crippen molar-refractivity contribution >= 4 is 11.8 Å². The van der Waals surface area contributed by atoms with Gasteiger partial charge in [-0.1, -0.05) is 12.1 Å². The van der Waals surface area contributed by atoms with Crippen LogP contribution in [0.5, 0.6) is 5.75 Å². The van der Waals surface area contributed by atoms with Crippen molar-refractivity contribution in [3.63, 3.8) is 0 Å². The Morgan fingerprint density at radius 1 is 1.10 bits per heavy atom. The molecule has 1 aromatic carbocycles. The Labute approximate surface area is 235 Å². The minimum atomic E-state index is -4.77. The lowest BCUT2D eigenvalue weighted by Gasteiger charge is -2.40. The molecule has 2 atom stereocenters. The number of pyridine rings is 1. The van der Waals surface area contributed by atoms with Gasteiger partial charge in [0.1, 0.15) is 23.5 Å². The number of carbonyl (C=O) groups excluding carboxylic acids is 1. The molecule has 0 radical (unpaired) electrons. The smallest absolute Gasteiger partial charge is 0.448 e. The van der Waals surface area contributed by atoms with Crippen LogP contribution >= 0.6 is 0 Å². The number of oxazole rings is 1. The number of amides is 2. The van der Waals surface area contributed by atoms with Gasteiger partial charge in [-0.05, 0) is 36.2 Å². The number of likely N-dealkylation sites (tertiary alicyclic amines) is 1. The SMILES string of the molecule is COCCNc1cc(-c2coc(C3CC(c4ccc(OC(F)(F)F)cc4)CN(C(=O)N4CCOCC4)C3)n2)ccn1. The molecule has 220 valence electrons. The van der Waals surface area contributed by atoms with Crippen LogP contribution in [-0.2, 0) is 9.47 Å². The number of ether oxygens (including phenoxy) is 3. The second kappa shape index (κ2) is 12.8. The van der Waals surface area contributed by atoms with E-state index in [0.29, 0.717) is 76.4 Å². The van der Waals surface area contributed by atoms with Gasteiger partial charge in [0, 0.05) is 57.5 Å². The van der Waals surface area contributed by atoms with Crippen LogP contribution in [-0.4, -0.2) is 91.8 Å². The number of morpholine rings is 1. The number of nitrogens with one attached hydrogen (secondary N) is 1. The average molecular weight is 576 g/mol. The van der Waals surface area contributed by atoms with Gasteiger partial charge in [0.15, 0.2) is 5.89 Å². The molecule has 0 aliphatic carbocycles. The van der Waals surface area contributed by atoms with E-state index in [1.54, 1.807) is 41.5 Å². The molecule has 5 rings (SSSR count). The molecule has 2 saturated heterocycles. The fourth-order valence-corrected chi connectivity index (χ4v) is 5.15. The number of halogens is 3. The molecule has 0 spiro atoms. The lowest BCUT2D eigenvalue weighted by atomic mass is 9.84. The predicted octanol–water partition coefficient (Wildman–Crippen LogP) is 4.72. The summed E-state index contributed by atoms with van der Waals surface area (Å²) in [4.78, 5) is 26.1. The first-order valence-corrected chi connectivity index (χ1v) is 13.4. The molecule has 2 fully saturated rings. The summed E-state index contributed by atoms with van der Waals surface area (Å²) < 4.78 is 58.4.